The summed E-state index contributed by atoms with van der Waals surface area (Å²) in [6, 6.07) is 16.5. The van der Waals surface area contributed by atoms with Crippen molar-refractivity contribution >= 4 is 16.7 Å². The van der Waals surface area contributed by atoms with Gasteiger partial charge in [0.05, 0.1) is 13.2 Å². The van der Waals surface area contributed by atoms with Crippen LogP contribution in [-0.4, -0.2) is 41.4 Å². The predicted molar refractivity (Wildman–Crippen MR) is 98.1 cm³/mol. The molecule has 0 amide bonds. The molecular formula is C20H21N3O2. The number of piperidine rings is 1. The van der Waals surface area contributed by atoms with Gasteiger partial charge in [0.2, 0.25) is 11.8 Å². The Labute approximate surface area is 146 Å². The van der Waals surface area contributed by atoms with Gasteiger partial charge in [0, 0.05) is 31.3 Å². The first-order valence-corrected chi connectivity index (χ1v) is 8.53. The zero-order chi connectivity index (χ0) is 17.2. The number of hydrogen-bond acceptors (Lipinski definition) is 5. The number of benzene rings is 2. The summed E-state index contributed by atoms with van der Waals surface area (Å²) in [4.78, 5) is 10.7. The zero-order valence-corrected chi connectivity index (χ0v) is 14.2. The van der Waals surface area contributed by atoms with Gasteiger partial charge in [-0.1, -0.05) is 42.5 Å². The molecule has 1 aliphatic heterocycles. The molecule has 5 heteroatoms. The molecule has 2 atom stereocenters. The minimum atomic E-state index is -0.454. The lowest BCUT2D eigenvalue weighted by atomic mass is 9.86. The Morgan fingerprint density at radius 1 is 1.12 bits per heavy atom. The Morgan fingerprint density at radius 2 is 1.96 bits per heavy atom. The van der Waals surface area contributed by atoms with Crippen molar-refractivity contribution in [1.29, 1.82) is 0 Å². The standard InChI is InChI=1S/C20H21N3O2/c1-25-19-8-10-21-20(22-19)23-11-9-17(18(24)13-23)16-7-6-14-4-2-3-5-15(14)12-16/h2-8,10,12,17-18,24H,9,11,13H2,1H3/t17-,18+/m1/s1. The zero-order valence-electron chi connectivity index (χ0n) is 14.2. The van der Waals surface area contributed by atoms with Crippen molar-refractivity contribution in [2.24, 2.45) is 0 Å². The maximum Gasteiger partial charge on any atom is 0.228 e. The number of aliphatic hydroxyl groups is 1. The SMILES string of the molecule is COc1ccnc(N2CC[C@H](c3ccc4ccccc4c3)[C@@H](O)C2)n1. The molecule has 4 rings (SSSR count). The van der Waals surface area contributed by atoms with Crippen LogP contribution >= 0.6 is 0 Å². The van der Waals surface area contributed by atoms with Crippen molar-refractivity contribution in [3.63, 3.8) is 0 Å². The fourth-order valence-electron chi connectivity index (χ4n) is 3.54. The number of fused-ring (bicyclic) bond motifs is 1. The Balaban J connectivity index is 1.54. The third-order valence-corrected chi connectivity index (χ3v) is 4.89. The minimum Gasteiger partial charge on any atom is -0.481 e. The van der Waals surface area contributed by atoms with Crippen LogP contribution in [-0.2, 0) is 0 Å². The summed E-state index contributed by atoms with van der Waals surface area (Å²) in [6.45, 7) is 1.33. The number of aromatic nitrogens is 2. The molecular weight excluding hydrogens is 314 g/mol. The van der Waals surface area contributed by atoms with Gasteiger partial charge in [-0.05, 0) is 22.8 Å². The summed E-state index contributed by atoms with van der Waals surface area (Å²) in [6.07, 6.45) is 2.09. The first kappa shape index (κ1) is 15.8. The number of rotatable bonds is 3. The summed E-state index contributed by atoms with van der Waals surface area (Å²) in [5, 5.41) is 13.2. The number of anilines is 1. The molecule has 25 heavy (non-hydrogen) atoms. The first-order chi connectivity index (χ1) is 12.2. The number of hydrogen-bond donors (Lipinski definition) is 1. The highest BCUT2D eigenvalue weighted by Crippen LogP contribution is 2.31. The molecule has 2 aromatic carbocycles. The number of β-amino-alcohol motifs (C(OH)–C–C–N with tert-alkyl or cyclic N) is 1. The van der Waals surface area contributed by atoms with Crippen molar-refractivity contribution in [3.05, 3.63) is 60.3 Å². The fraction of sp³-hybridized carbons (Fsp3) is 0.300. The average molecular weight is 335 g/mol. The van der Waals surface area contributed by atoms with Gasteiger partial charge in [-0.2, -0.15) is 4.98 Å². The van der Waals surface area contributed by atoms with Crippen LogP contribution in [0.4, 0.5) is 5.95 Å². The lowest BCUT2D eigenvalue weighted by Crippen LogP contribution is -2.43. The molecule has 1 saturated heterocycles. The predicted octanol–water partition coefficient (Wildman–Crippen LogP) is 2.99. The molecule has 1 aromatic heterocycles. The lowest BCUT2D eigenvalue weighted by Gasteiger charge is -2.36. The van der Waals surface area contributed by atoms with Crippen molar-refractivity contribution in [3.8, 4) is 5.88 Å². The van der Waals surface area contributed by atoms with Crippen LogP contribution in [0.15, 0.2) is 54.7 Å². The molecule has 0 unspecified atom stereocenters. The molecule has 1 fully saturated rings. The quantitative estimate of drug-likeness (QED) is 0.797. The molecule has 0 aliphatic carbocycles. The smallest absolute Gasteiger partial charge is 0.228 e. The Bertz CT molecular complexity index is 883. The Kier molecular flexibility index (Phi) is 4.24. The summed E-state index contributed by atoms with van der Waals surface area (Å²) >= 11 is 0. The third-order valence-electron chi connectivity index (χ3n) is 4.89. The van der Waals surface area contributed by atoms with Crippen molar-refractivity contribution in [1.82, 2.24) is 9.97 Å². The topological polar surface area (TPSA) is 58.5 Å². The van der Waals surface area contributed by atoms with Crippen LogP contribution in [0.5, 0.6) is 5.88 Å². The monoisotopic (exact) mass is 335 g/mol. The maximum atomic E-state index is 10.7. The molecule has 128 valence electrons. The fourth-order valence-corrected chi connectivity index (χ4v) is 3.54. The number of methoxy groups -OCH3 is 1. The summed E-state index contributed by atoms with van der Waals surface area (Å²) in [5.41, 5.74) is 1.19. The highest BCUT2D eigenvalue weighted by molar-refractivity contribution is 5.83. The van der Waals surface area contributed by atoms with E-state index in [0.717, 1.165) is 13.0 Å². The Hall–Kier alpha value is -2.66. The molecule has 0 saturated carbocycles. The Morgan fingerprint density at radius 3 is 2.76 bits per heavy atom. The number of nitrogens with zero attached hydrogens (tertiary/aromatic N) is 3. The number of aliphatic hydroxyl groups excluding tert-OH is 1. The lowest BCUT2D eigenvalue weighted by molar-refractivity contribution is 0.129. The van der Waals surface area contributed by atoms with Crippen LogP contribution in [0.25, 0.3) is 10.8 Å². The molecule has 1 aliphatic rings. The van der Waals surface area contributed by atoms with Gasteiger partial charge in [0.25, 0.3) is 0 Å². The van der Waals surface area contributed by atoms with Crippen LogP contribution in [0.1, 0.15) is 17.9 Å². The summed E-state index contributed by atoms with van der Waals surface area (Å²) in [5.74, 6) is 1.28. The van der Waals surface area contributed by atoms with E-state index in [-0.39, 0.29) is 5.92 Å². The van der Waals surface area contributed by atoms with Gasteiger partial charge in [-0.15, -0.1) is 0 Å². The summed E-state index contributed by atoms with van der Waals surface area (Å²) < 4.78 is 5.16. The molecule has 5 nitrogen and oxygen atoms in total. The van der Waals surface area contributed by atoms with E-state index >= 15 is 0 Å². The maximum absolute atomic E-state index is 10.7. The van der Waals surface area contributed by atoms with E-state index in [1.54, 1.807) is 19.4 Å². The summed E-state index contributed by atoms with van der Waals surface area (Å²) in [7, 11) is 1.59. The van der Waals surface area contributed by atoms with Gasteiger partial charge in [-0.3, -0.25) is 0 Å². The number of ether oxygens (including phenoxy) is 1. The highest BCUT2D eigenvalue weighted by Gasteiger charge is 2.30. The molecule has 2 heterocycles. The van der Waals surface area contributed by atoms with Crippen LogP contribution in [0.3, 0.4) is 0 Å². The van der Waals surface area contributed by atoms with Gasteiger partial charge < -0.3 is 14.7 Å². The highest BCUT2D eigenvalue weighted by atomic mass is 16.5. The van der Waals surface area contributed by atoms with Gasteiger partial charge in [0.1, 0.15) is 0 Å². The molecule has 3 aromatic rings. The molecule has 0 radical (unpaired) electrons. The molecule has 1 N–H and O–H groups in total. The third kappa shape index (κ3) is 3.15. The van der Waals surface area contributed by atoms with Crippen molar-refractivity contribution in [2.75, 3.05) is 25.1 Å². The van der Waals surface area contributed by atoms with E-state index in [0.29, 0.717) is 18.4 Å². The minimum absolute atomic E-state index is 0.131. The first-order valence-electron chi connectivity index (χ1n) is 8.53. The second kappa shape index (κ2) is 6.69. The molecule has 0 bridgehead atoms. The van der Waals surface area contributed by atoms with Crippen LogP contribution in [0.2, 0.25) is 0 Å². The second-order valence-electron chi connectivity index (χ2n) is 6.41. The van der Waals surface area contributed by atoms with Crippen LogP contribution < -0.4 is 9.64 Å². The van der Waals surface area contributed by atoms with E-state index in [1.807, 2.05) is 17.0 Å². The molecule has 0 spiro atoms. The van der Waals surface area contributed by atoms with Gasteiger partial charge in [-0.25, -0.2) is 4.98 Å². The van der Waals surface area contributed by atoms with Crippen molar-refractivity contribution in [2.45, 2.75) is 18.4 Å². The normalized spacial score (nSPS) is 20.6. The second-order valence-corrected chi connectivity index (χ2v) is 6.41. The van der Waals surface area contributed by atoms with E-state index in [9.17, 15) is 5.11 Å². The largest absolute Gasteiger partial charge is 0.481 e. The average Bonchev–Trinajstić information content (AvgIpc) is 2.67. The van der Waals surface area contributed by atoms with Crippen molar-refractivity contribution < 1.29 is 9.84 Å². The van der Waals surface area contributed by atoms with Gasteiger partial charge in [0.15, 0.2) is 0 Å². The van der Waals surface area contributed by atoms with E-state index < -0.39 is 6.10 Å². The van der Waals surface area contributed by atoms with Crippen LogP contribution in [0, 0.1) is 0 Å². The van der Waals surface area contributed by atoms with E-state index in [1.165, 1.54) is 16.3 Å². The van der Waals surface area contributed by atoms with E-state index in [2.05, 4.69) is 40.3 Å². The van der Waals surface area contributed by atoms with E-state index in [4.69, 9.17) is 4.74 Å². The van der Waals surface area contributed by atoms with Gasteiger partial charge >= 0.3 is 0 Å².